The first kappa shape index (κ1) is 19.6. The Morgan fingerprint density at radius 3 is 2.12 bits per heavy atom. The van der Waals surface area contributed by atoms with Crippen molar-refractivity contribution >= 4 is 5.97 Å². The Balaban J connectivity index is 2.18. The summed E-state index contributed by atoms with van der Waals surface area (Å²) < 4.78 is 16.2. The van der Waals surface area contributed by atoms with Gasteiger partial charge in [-0.05, 0) is 34.7 Å². The van der Waals surface area contributed by atoms with Crippen molar-refractivity contribution in [3.05, 3.63) is 53.6 Å². The Hall–Kier alpha value is -2.69. The van der Waals surface area contributed by atoms with E-state index in [0.29, 0.717) is 17.2 Å². The summed E-state index contributed by atoms with van der Waals surface area (Å²) in [5, 5.41) is 9.55. The van der Waals surface area contributed by atoms with Crippen LogP contribution in [-0.2, 0) is 16.6 Å². The quantitative estimate of drug-likeness (QED) is 0.808. The van der Waals surface area contributed by atoms with Crippen molar-refractivity contribution < 1.29 is 24.1 Å². The van der Waals surface area contributed by atoms with Crippen molar-refractivity contribution in [3.63, 3.8) is 0 Å². The number of carbonyl (C=O) groups is 1. The lowest BCUT2D eigenvalue weighted by Crippen LogP contribution is -2.29. The van der Waals surface area contributed by atoms with Gasteiger partial charge in [-0.3, -0.25) is 0 Å². The maximum Gasteiger partial charge on any atom is 0.345 e. The van der Waals surface area contributed by atoms with E-state index in [4.69, 9.17) is 14.2 Å². The lowest BCUT2D eigenvalue weighted by Gasteiger charge is -2.20. The van der Waals surface area contributed by atoms with Crippen LogP contribution in [0, 0.1) is 0 Å². The second-order valence-corrected chi connectivity index (χ2v) is 7.10. The van der Waals surface area contributed by atoms with Gasteiger partial charge in [-0.1, -0.05) is 39.0 Å². The van der Waals surface area contributed by atoms with Gasteiger partial charge in [0.25, 0.3) is 0 Å². The third-order valence-electron chi connectivity index (χ3n) is 4.17. The molecule has 2 aromatic carbocycles. The highest BCUT2D eigenvalue weighted by Gasteiger charge is 2.23. The summed E-state index contributed by atoms with van der Waals surface area (Å²) in [5.74, 6) is 0.721. The molecule has 1 atom stereocenters. The number of ether oxygens (including phenoxy) is 3. The van der Waals surface area contributed by atoms with Gasteiger partial charge in [0.15, 0.2) is 6.10 Å². The van der Waals surface area contributed by atoms with Crippen LogP contribution in [0.25, 0.3) is 0 Å². The normalized spacial score (nSPS) is 12.3. The number of hydrogen-bond donors (Lipinski definition) is 1. The van der Waals surface area contributed by atoms with E-state index in [-0.39, 0.29) is 11.8 Å². The fourth-order valence-corrected chi connectivity index (χ4v) is 2.60. The fraction of sp³-hybridized carbons (Fsp3) is 0.381. The van der Waals surface area contributed by atoms with E-state index in [0.717, 1.165) is 11.1 Å². The zero-order valence-electron chi connectivity index (χ0n) is 15.9. The molecule has 1 N–H and O–H groups in total. The molecule has 26 heavy (non-hydrogen) atoms. The maximum absolute atomic E-state index is 11.7. The predicted octanol–water partition coefficient (Wildman–Crippen LogP) is 4.08. The number of carboxylic acids is 1. The maximum atomic E-state index is 11.7. The molecule has 0 aliphatic rings. The van der Waals surface area contributed by atoms with Gasteiger partial charge in [0, 0.05) is 12.5 Å². The zero-order chi connectivity index (χ0) is 19.3. The van der Waals surface area contributed by atoms with Gasteiger partial charge in [0.05, 0.1) is 14.2 Å². The molecular formula is C21H26O5. The molecule has 0 radical (unpaired) electrons. The second-order valence-electron chi connectivity index (χ2n) is 7.10. The molecule has 0 amide bonds. The van der Waals surface area contributed by atoms with E-state index < -0.39 is 12.1 Å². The van der Waals surface area contributed by atoms with Crippen LogP contribution in [0.4, 0.5) is 0 Å². The number of aliphatic carboxylic acids is 1. The molecule has 0 saturated heterocycles. The summed E-state index contributed by atoms with van der Waals surface area (Å²) in [5.41, 5.74) is 1.93. The molecule has 140 valence electrons. The van der Waals surface area contributed by atoms with Crippen LogP contribution in [0.3, 0.4) is 0 Å². The molecule has 0 spiro atoms. The van der Waals surface area contributed by atoms with Gasteiger partial charge in [-0.2, -0.15) is 0 Å². The minimum Gasteiger partial charge on any atom is -0.497 e. The Morgan fingerprint density at radius 1 is 1.00 bits per heavy atom. The van der Waals surface area contributed by atoms with Crippen LogP contribution in [-0.4, -0.2) is 31.4 Å². The molecule has 5 heteroatoms. The molecule has 0 aromatic heterocycles. The van der Waals surface area contributed by atoms with E-state index in [2.05, 4.69) is 20.8 Å². The van der Waals surface area contributed by atoms with E-state index in [1.807, 2.05) is 24.3 Å². The second kappa shape index (κ2) is 8.13. The van der Waals surface area contributed by atoms with Gasteiger partial charge in [-0.15, -0.1) is 0 Å². The van der Waals surface area contributed by atoms with Gasteiger partial charge in [0.1, 0.15) is 17.2 Å². The zero-order valence-corrected chi connectivity index (χ0v) is 15.9. The predicted molar refractivity (Wildman–Crippen MR) is 100 cm³/mol. The van der Waals surface area contributed by atoms with E-state index in [1.165, 1.54) is 0 Å². The van der Waals surface area contributed by atoms with E-state index >= 15 is 0 Å². The Morgan fingerprint density at radius 2 is 1.62 bits per heavy atom. The van der Waals surface area contributed by atoms with Crippen LogP contribution in [0.5, 0.6) is 17.2 Å². The summed E-state index contributed by atoms with van der Waals surface area (Å²) in [4.78, 5) is 11.7. The van der Waals surface area contributed by atoms with Crippen molar-refractivity contribution in [2.45, 2.75) is 38.7 Å². The molecule has 1 unspecified atom stereocenters. The van der Waals surface area contributed by atoms with Crippen LogP contribution >= 0.6 is 0 Å². The van der Waals surface area contributed by atoms with Crippen molar-refractivity contribution in [1.29, 1.82) is 0 Å². The topological polar surface area (TPSA) is 65.0 Å². The number of carboxylic acid groups (broad SMARTS) is 1. The standard InChI is InChI=1S/C21H26O5/c1-21(2,3)15-7-10-16(11-8-15)26-19(20(22)23)12-14-6-9-17(24-4)13-18(14)25-5/h6-11,13,19H,12H2,1-5H3,(H,22,23). The van der Waals surface area contributed by atoms with Gasteiger partial charge >= 0.3 is 5.97 Å². The number of benzene rings is 2. The lowest BCUT2D eigenvalue weighted by atomic mass is 9.87. The molecule has 5 nitrogen and oxygen atoms in total. The first-order valence-electron chi connectivity index (χ1n) is 8.45. The van der Waals surface area contributed by atoms with Crippen LogP contribution in [0.2, 0.25) is 0 Å². The fourth-order valence-electron chi connectivity index (χ4n) is 2.60. The van der Waals surface area contributed by atoms with Gasteiger partial charge in [0.2, 0.25) is 0 Å². The molecule has 2 aromatic rings. The Kier molecular flexibility index (Phi) is 6.14. The third kappa shape index (κ3) is 4.91. The minimum atomic E-state index is -1.03. The van der Waals surface area contributed by atoms with E-state index in [9.17, 15) is 9.90 Å². The first-order valence-corrected chi connectivity index (χ1v) is 8.45. The van der Waals surface area contributed by atoms with E-state index in [1.54, 1.807) is 32.4 Å². The highest BCUT2D eigenvalue weighted by atomic mass is 16.5. The van der Waals surface area contributed by atoms with Crippen LogP contribution in [0.15, 0.2) is 42.5 Å². The molecule has 0 saturated carbocycles. The van der Waals surface area contributed by atoms with Crippen molar-refractivity contribution in [2.75, 3.05) is 14.2 Å². The minimum absolute atomic E-state index is 0.0290. The van der Waals surface area contributed by atoms with Crippen molar-refractivity contribution in [2.24, 2.45) is 0 Å². The monoisotopic (exact) mass is 358 g/mol. The molecule has 0 aliphatic carbocycles. The smallest absolute Gasteiger partial charge is 0.345 e. The SMILES string of the molecule is COc1ccc(CC(Oc2ccc(C(C)(C)C)cc2)C(=O)O)c(OC)c1. The third-order valence-corrected chi connectivity index (χ3v) is 4.17. The summed E-state index contributed by atoms with van der Waals surface area (Å²) in [7, 11) is 3.11. The molecular weight excluding hydrogens is 332 g/mol. The van der Waals surface area contributed by atoms with Crippen LogP contribution in [0.1, 0.15) is 31.9 Å². The first-order chi connectivity index (χ1) is 12.2. The molecule has 0 fully saturated rings. The lowest BCUT2D eigenvalue weighted by molar-refractivity contribution is -0.145. The summed E-state index contributed by atoms with van der Waals surface area (Å²) in [6.45, 7) is 6.37. The average molecular weight is 358 g/mol. The summed E-state index contributed by atoms with van der Waals surface area (Å²) in [6.07, 6.45) is -0.832. The Labute approximate surface area is 154 Å². The van der Waals surface area contributed by atoms with Crippen LogP contribution < -0.4 is 14.2 Å². The molecule has 0 aliphatic heterocycles. The average Bonchev–Trinajstić information content (AvgIpc) is 2.61. The summed E-state index contributed by atoms with van der Waals surface area (Å²) >= 11 is 0. The number of hydrogen-bond acceptors (Lipinski definition) is 4. The molecule has 2 rings (SSSR count). The highest BCUT2D eigenvalue weighted by molar-refractivity contribution is 5.73. The molecule has 0 heterocycles. The summed E-state index contributed by atoms with van der Waals surface area (Å²) in [6, 6.07) is 12.8. The van der Waals surface area contributed by atoms with Crippen molar-refractivity contribution in [1.82, 2.24) is 0 Å². The number of rotatable bonds is 7. The highest BCUT2D eigenvalue weighted by Crippen LogP contribution is 2.28. The largest absolute Gasteiger partial charge is 0.497 e. The van der Waals surface area contributed by atoms with Crippen molar-refractivity contribution in [3.8, 4) is 17.2 Å². The van der Waals surface area contributed by atoms with Gasteiger partial charge < -0.3 is 19.3 Å². The van der Waals surface area contributed by atoms with Gasteiger partial charge in [-0.25, -0.2) is 4.79 Å². The molecule has 0 bridgehead atoms. The number of methoxy groups -OCH3 is 2. The Bertz CT molecular complexity index is 744.